The zero-order valence-electron chi connectivity index (χ0n) is 11.7. The molecular weight excluding hydrogens is 276 g/mol. The van der Waals surface area contributed by atoms with Crippen LogP contribution >= 0.6 is 11.6 Å². The zero-order valence-corrected chi connectivity index (χ0v) is 12.5. The number of aliphatic hydroxyl groups is 2. The topological polar surface area (TPSA) is 49.7 Å². The van der Waals surface area contributed by atoms with Crippen LogP contribution in [0.4, 0.5) is 0 Å². The van der Waals surface area contributed by atoms with E-state index in [0.717, 1.165) is 24.8 Å². The van der Waals surface area contributed by atoms with E-state index in [0.29, 0.717) is 30.7 Å². The molecular formula is C16H23ClO3. The van der Waals surface area contributed by atoms with E-state index < -0.39 is 5.79 Å². The largest absolute Gasteiger partial charge is 0.396 e. The van der Waals surface area contributed by atoms with E-state index in [1.165, 1.54) is 0 Å². The van der Waals surface area contributed by atoms with Crippen LogP contribution in [0.15, 0.2) is 24.3 Å². The normalized spacial score (nSPS) is 19.8. The smallest absolute Gasteiger partial charge is 0.166 e. The summed E-state index contributed by atoms with van der Waals surface area (Å²) in [5.41, 5.74) is 0.890. The summed E-state index contributed by atoms with van der Waals surface area (Å²) in [7, 11) is 0. The highest BCUT2D eigenvalue weighted by molar-refractivity contribution is 6.31. The van der Waals surface area contributed by atoms with Gasteiger partial charge in [-0.1, -0.05) is 36.2 Å². The molecule has 3 nitrogen and oxygen atoms in total. The lowest BCUT2D eigenvalue weighted by molar-refractivity contribution is -0.248. The van der Waals surface area contributed by atoms with Crippen molar-refractivity contribution in [2.45, 2.75) is 56.8 Å². The van der Waals surface area contributed by atoms with E-state index in [1.807, 2.05) is 24.3 Å². The molecule has 0 unspecified atom stereocenters. The molecule has 0 saturated heterocycles. The highest BCUT2D eigenvalue weighted by Crippen LogP contribution is 2.37. The molecule has 1 aromatic rings. The standard InChI is InChI=1S/C16H23ClO3/c17-14-8-3-2-7-13(14)15(9-6-12-18)20-16(19)10-4-1-5-11-16/h2-3,7-8,15,18-19H,1,4-6,9-12H2/t15-/m1/s1. The highest BCUT2D eigenvalue weighted by Gasteiger charge is 2.33. The molecule has 1 atom stereocenters. The van der Waals surface area contributed by atoms with E-state index in [1.54, 1.807) is 0 Å². The minimum atomic E-state index is -1.04. The third-order valence-electron chi connectivity index (χ3n) is 3.87. The molecule has 0 aromatic heterocycles. The Hall–Kier alpha value is -0.610. The Labute approximate surface area is 125 Å². The maximum Gasteiger partial charge on any atom is 0.166 e. The number of hydrogen-bond acceptors (Lipinski definition) is 3. The molecule has 0 heterocycles. The van der Waals surface area contributed by atoms with Crippen molar-refractivity contribution in [3.8, 4) is 0 Å². The quantitative estimate of drug-likeness (QED) is 0.785. The minimum absolute atomic E-state index is 0.114. The number of benzene rings is 1. The number of hydrogen-bond donors (Lipinski definition) is 2. The van der Waals surface area contributed by atoms with Crippen LogP contribution in [0, 0.1) is 0 Å². The van der Waals surface area contributed by atoms with Gasteiger partial charge in [-0.25, -0.2) is 0 Å². The second kappa shape index (κ2) is 7.41. The third-order valence-corrected chi connectivity index (χ3v) is 4.22. The number of ether oxygens (including phenoxy) is 1. The van der Waals surface area contributed by atoms with Crippen LogP contribution in [-0.2, 0) is 4.74 Å². The van der Waals surface area contributed by atoms with Crippen molar-refractivity contribution in [3.63, 3.8) is 0 Å². The van der Waals surface area contributed by atoms with E-state index in [9.17, 15) is 5.11 Å². The number of rotatable bonds is 6. The average molecular weight is 299 g/mol. The molecule has 0 amide bonds. The summed E-state index contributed by atoms with van der Waals surface area (Å²) in [5.74, 6) is -1.04. The van der Waals surface area contributed by atoms with Crippen molar-refractivity contribution in [2.75, 3.05) is 6.61 Å². The average Bonchev–Trinajstić information content (AvgIpc) is 2.45. The van der Waals surface area contributed by atoms with Crippen molar-refractivity contribution in [1.29, 1.82) is 0 Å². The number of halogens is 1. The summed E-state index contributed by atoms with van der Waals surface area (Å²) in [5, 5.41) is 20.3. The molecule has 2 rings (SSSR count). The first-order valence-electron chi connectivity index (χ1n) is 7.40. The lowest BCUT2D eigenvalue weighted by Gasteiger charge is -2.36. The van der Waals surface area contributed by atoms with E-state index in [4.69, 9.17) is 21.4 Å². The lowest BCUT2D eigenvalue weighted by Crippen LogP contribution is -2.36. The molecule has 0 bridgehead atoms. The second-order valence-corrected chi connectivity index (χ2v) is 5.91. The Morgan fingerprint density at radius 2 is 1.90 bits per heavy atom. The van der Waals surface area contributed by atoms with Crippen LogP contribution in [0.25, 0.3) is 0 Å². The second-order valence-electron chi connectivity index (χ2n) is 5.50. The van der Waals surface area contributed by atoms with Crippen LogP contribution in [-0.4, -0.2) is 22.6 Å². The zero-order chi connectivity index (χ0) is 14.4. The van der Waals surface area contributed by atoms with Crippen molar-refractivity contribution in [3.05, 3.63) is 34.9 Å². The fourth-order valence-corrected chi connectivity index (χ4v) is 3.04. The first kappa shape index (κ1) is 15.8. The number of aliphatic hydroxyl groups excluding tert-OH is 1. The fraction of sp³-hybridized carbons (Fsp3) is 0.625. The van der Waals surface area contributed by atoms with Gasteiger partial charge in [0.25, 0.3) is 0 Å². The van der Waals surface area contributed by atoms with Gasteiger partial charge in [0.1, 0.15) is 0 Å². The fourth-order valence-electron chi connectivity index (χ4n) is 2.78. The van der Waals surface area contributed by atoms with Gasteiger partial charge in [-0.05, 0) is 37.3 Å². The van der Waals surface area contributed by atoms with Crippen molar-refractivity contribution < 1.29 is 14.9 Å². The van der Waals surface area contributed by atoms with Crippen LogP contribution in [0.3, 0.4) is 0 Å². The van der Waals surface area contributed by atoms with Crippen molar-refractivity contribution in [1.82, 2.24) is 0 Å². The van der Waals surface area contributed by atoms with E-state index in [2.05, 4.69) is 0 Å². The lowest BCUT2D eigenvalue weighted by atomic mass is 9.93. The van der Waals surface area contributed by atoms with Gasteiger partial charge in [-0.15, -0.1) is 0 Å². The van der Waals surface area contributed by atoms with Gasteiger partial charge in [0, 0.05) is 24.5 Å². The molecule has 20 heavy (non-hydrogen) atoms. The SMILES string of the molecule is OCCC[C@@H](OC1(O)CCCCC1)c1ccccc1Cl. The van der Waals surface area contributed by atoms with Crippen LogP contribution in [0.1, 0.15) is 56.6 Å². The van der Waals surface area contributed by atoms with Crippen LogP contribution in [0.2, 0.25) is 5.02 Å². The Balaban J connectivity index is 2.13. The Kier molecular flexibility index (Phi) is 5.85. The third kappa shape index (κ3) is 4.19. The summed E-state index contributed by atoms with van der Waals surface area (Å²) in [6.07, 6.45) is 5.50. The maximum atomic E-state index is 10.6. The Bertz CT molecular complexity index is 416. The molecule has 4 heteroatoms. The molecule has 0 spiro atoms. The van der Waals surface area contributed by atoms with Crippen LogP contribution in [0.5, 0.6) is 0 Å². The first-order valence-corrected chi connectivity index (χ1v) is 7.78. The molecule has 1 fully saturated rings. The van der Waals surface area contributed by atoms with Gasteiger partial charge in [0.2, 0.25) is 0 Å². The minimum Gasteiger partial charge on any atom is -0.396 e. The summed E-state index contributed by atoms with van der Waals surface area (Å²) in [6.45, 7) is 0.114. The van der Waals surface area contributed by atoms with Gasteiger partial charge in [-0.3, -0.25) is 0 Å². The van der Waals surface area contributed by atoms with Crippen LogP contribution < -0.4 is 0 Å². The molecule has 2 N–H and O–H groups in total. The highest BCUT2D eigenvalue weighted by atomic mass is 35.5. The Morgan fingerprint density at radius 1 is 1.20 bits per heavy atom. The molecule has 112 valence electrons. The predicted octanol–water partition coefficient (Wildman–Crippen LogP) is 3.82. The summed E-state index contributed by atoms with van der Waals surface area (Å²) < 4.78 is 6.01. The first-order chi connectivity index (χ1) is 9.64. The Morgan fingerprint density at radius 3 is 2.55 bits per heavy atom. The van der Waals surface area contributed by atoms with Gasteiger partial charge in [0.15, 0.2) is 5.79 Å². The van der Waals surface area contributed by atoms with Gasteiger partial charge < -0.3 is 14.9 Å². The molecule has 1 aromatic carbocycles. The van der Waals surface area contributed by atoms with Gasteiger partial charge in [0.05, 0.1) is 6.10 Å². The van der Waals surface area contributed by atoms with E-state index in [-0.39, 0.29) is 12.7 Å². The monoisotopic (exact) mass is 298 g/mol. The molecule has 0 radical (unpaired) electrons. The molecule has 1 saturated carbocycles. The van der Waals surface area contributed by atoms with Gasteiger partial charge >= 0.3 is 0 Å². The molecule has 1 aliphatic rings. The van der Waals surface area contributed by atoms with Gasteiger partial charge in [-0.2, -0.15) is 0 Å². The summed E-state index contributed by atoms with van der Waals surface area (Å²) in [6, 6.07) is 7.55. The summed E-state index contributed by atoms with van der Waals surface area (Å²) >= 11 is 6.24. The summed E-state index contributed by atoms with van der Waals surface area (Å²) in [4.78, 5) is 0. The van der Waals surface area contributed by atoms with Crippen molar-refractivity contribution >= 4 is 11.6 Å². The maximum absolute atomic E-state index is 10.6. The van der Waals surface area contributed by atoms with E-state index >= 15 is 0 Å². The molecule has 1 aliphatic carbocycles. The molecule has 0 aliphatic heterocycles. The van der Waals surface area contributed by atoms with Crippen molar-refractivity contribution in [2.24, 2.45) is 0 Å². The predicted molar refractivity (Wildman–Crippen MR) is 79.6 cm³/mol.